The van der Waals surface area contributed by atoms with Gasteiger partial charge in [-0.2, -0.15) is 0 Å². The van der Waals surface area contributed by atoms with Crippen LogP contribution in [0, 0.1) is 11.6 Å². The van der Waals surface area contributed by atoms with Gasteiger partial charge in [0, 0.05) is 13.2 Å². The minimum Gasteiger partial charge on any atom is -0.377 e. The third-order valence-corrected chi connectivity index (χ3v) is 2.33. The molecule has 2 aromatic rings. The summed E-state index contributed by atoms with van der Waals surface area (Å²) in [6.07, 6.45) is 3.32. The van der Waals surface area contributed by atoms with E-state index in [9.17, 15) is 8.78 Å². The Labute approximate surface area is 91.7 Å². The molecule has 0 atom stereocenters. The minimum absolute atomic E-state index is 0.154. The number of nitrogens with one attached hydrogen (secondary N) is 1. The van der Waals surface area contributed by atoms with Crippen LogP contribution in [-0.2, 0) is 13.6 Å². The van der Waals surface area contributed by atoms with Crippen molar-refractivity contribution in [2.45, 2.75) is 6.54 Å². The van der Waals surface area contributed by atoms with Crippen LogP contribution in [-0.4, -0.2) is 9.55 Å². The third-order valence-electron chi connectivity index (χ3n) is 2.33. The molecular weight excluding hydrogens is 212 g/mol. The number of rotatable bonds is 3. The molecule has 3 nitrogen and oxygen atoms in total. The van der Waals surface area contributed by atoms with Gasteiger partial charge in [-0.1, -0.05) is 6.07 Å². The van der Waals surface area contributed by atoms with Crippen molar-refractivity contribution in [1.29, 1.82) is 0 Å². The quantitative estimate of drug-likeness (QED) is 0.865. The number of hydrogen-bond acceptors (Lipinski definition) is 2. The van der Waals surface area contributed by atoms with Crippen molar-refractivity contribution in [3.63, 3.8) is 0 Å². The van der Waals surface area contributed by atoms with E-state index in [0.717, 1.165) is 11.8 Å². The maximum atomic E-state index is 13.3. The van der Waals surface area contributed by atoms with Crippen molar-refractivity contribution >= 4 is 5.69 Å². The van der Waals surface area contributed by atoms with E-state index in [1.807, 2.05) is 11.6 Å². The molecule has 0 aliphatic carbocycles. The van der Waals surface area contributed by atoms with Crippen LogP contribution in [0.2, 0.25) is 0 Å². The topological polar surface area (TPSA) is 29.9 Å². The largest absolute Gasteiger partial charge is 0.377 e. The van der Waals surface area contributed by atoms with E-state index in [1.165, 1.54) is 12.1 Å². The van der Waals surface area contributed by atoms with Gasteiger partial charge in [-0.05, 0) is 12.1 Å². The fraction of sp³-hybridized carbons (Fsp3) is 0.182. The monoisotopic (exact) mass is 223 g/mol. The summed E-state index contributed by atoms with van der Waals surface area (Å²) in [5.74, 6) is -1.71. The van der Waals surface area contributed by atoms with Crippen molar-refractivity contribution < 1.29 is 8.78 Å². The highest BCUT2D eigenvalue weighted by molar-refractivity contribution is 5.45. The zero-order valence-electron chi connectivity index (χ0n) is 8.74. The number of nitrogens with zero attached hydrogens (tertiary/aromatic N) is 2. The van der Waals surface area contributed by atoms with Crippen LogP contribution < -0.4 is 5.32 Å². The fourth-order valence-corrected chi connectivity index (χ4v) is 1.38. The van der Waals surface area contributed by atoms with E-state index in [4.69, 9.17) is 0 Å². The van der Waals surface area contributed by atoms with Crippen LogP contribution in [0.4, 0.5) is 14.5 Å². The zero-order chi connectivity index (χ0) is 11.5. The molecule has 0 bridgehead atoms. The molecule has 0 amide bonds. The van der Waals surface area contributed by atoms with E-state index in [-0.39, 0.29) is 5.69 Å². The Morgan fingerprint density at radius 1 is 1.38 bits per heavy atom. The second-order valence-electron chi connectivity index (χ2n) is 3.45. The Morgan fingerprint density at radius 2 is 2.19 bits per heavy atom. The van der Waals surface area contributed by atoms with Gasteiger partial charge < -0.3 is 9.88 Å². The van der Waals surface area contributed by atoms with E-state index in [2.05, 4.69) is 10.3 Å². The summed E-state index contributed by atoms with van der Waals surface area (Å²) in [6, 6.07) is 4.04. The summed E-state index contributed by atoms with van der Waals surface area (Å²) >= 11 is 0. The Morgan fingerprint density at radius 3 is 2.88 bits per heavy atom. The molecule has 0 aliphatic rings. The third kappa shape index (κ3) is 2.03. The van der Waals surface area contributed by atoms with Crippen molar-refractivity contribution in [1.82, 2.24) is 9.55 Å². The summed E-state index contributed by atoms with van der Waals surface area (Å²) in [6.45, 7) is 0.400. The Kier molecular flexibility index (Phi) is 2.85. The first-order chi connectivity index (χ1) is 7.68. The Hall–Kier alpha value is -1.91. The van der Waals surface area contributed by atoms with Gasteiger partial charge in [-0.25, -0.2) is 13.8 Å². The smallest absolute Gasteiger partial charge is 0.181 e. The molecule has 0 aliphatic heterocycles. The molecule has 0 saturated heterocycles. The van der Waals surface area contributed by atoms with Crippen LogP contribution in [0.25, 0.3) is 0 Å². The number of aryl methyl sites for hydroxylation is 1. The lowest BCUT2D eigenvalue weighted by atomic mass is 10.3. The molecule has 1 aromatic heterocycles. The highest BCUT2D eigenvalue weighted by atomic mass is 19.2. The van der Waals surface area contributed by atoms with Crippen LogP contribution in [0.5, 0.6) is 0 Å². The molecule has 0 radical (unpaired) electrons. The first-order valence-corrected chi connectivity index (χ1v) is 4.81. The first-order valence-electron chi connectivity index (χ1n) is 4.81. The molecule has 84 valence electrons. The second kappa shape index (κ2) is 4.30. The number of halogens is 2. The van der Waals surface area contributed by atoms with Gasteiger partial charge >= 0.3 is 0 Å². The maximum Gasteiger partial charge on any atom is 0.181 e. The summed E-state index contributed by atoms with van der Waals surface area (Å²) in [7, 11) is 1.84. The van der Waals surface area contributed by atoms with Crippen molar-refractivity contribution in [3.8, 4) is 0 Å². The van der Waals surface area contributed by atoms with Crippen molar-refractivity contribution in [2.24, 2.45) is 7.05 Å². The van der Waals surface area contributed by atoms with Gasteiger partial charge in [-0.15, -0.1) is 0 Å². The molecule has 1 N–H and O–H groups in total. The predicted molar refractivity (Wildman–Crippen MR) is 56.9 cm³/mol. The van der Waals surface area contributed by atoms with Gasteiger partial charge in [0.25, 0.3) is 0 Å². The summed E-state index contributed by atoms with van der Waals surface area (Å²) in [5, 5.41) is 2.82. The molecule has 1 heterocycles. The van der Waals surface area contributed by atoms with E-state index in [0.29, 0.717) is 6.54 Å². The fourth-order valence-electron chi connectivity index (χ4n) is 1.38. The maximum absolute atomic E-state index is 13.3. The van der Waals surface area contributed by atoms with Crippen LogP contribution in [0.1, 0.15) is 5.69 Å². The second-order valence-corrected chi connectivity index (χ2v) is 3.45. The van der Waals surface area contributed by atoms with E-state index in [1.54, 1.807) is 12.5 Å². The molecule has 0 saturated carbocycles. The molecule has 5 heteroatoms. The molecule has 2 rings (SSSR count). The normalized spacial score (nSPS) is 10.4. The SMILES string of the molecule is Cn1cncc1CNc1cccc(F)c1F. The number of benzene rings is 1. The van der Waals surface area contributed by atoms with Gasteiger partial charge in [0.15, 0.2) is 11.6 Å². The molecule has 1 aromatic carbocycles. The Bertz CT molecular complexity index is 494. The van der Waals surface area contributed by atoms with Gasteiger partial charge in [0.2, 0.25) is 0 Å². The van der Waals surface area contributed by atoms with E-state index < -0.39 is 11.6 Å². The van der Waals surface area contributed by atoms with E-state index >= 15 is 0 Å². The summed E-state index contributed by atoms with van der Waals surface area (Å²) in [4.78, 5) is 3.93. The lowest BCUT2D eigenvalue weighted by molar-refractivity contribution is 0.511. The van der Waals surface area contributed by atoms with Crippen molar-refractivity contribution in [3.05, 3.63) is 48.1 Å². The minimum atomic E-state index is -0.857. The average Bonchev–Trinajstić information content (AvgIpc) is 2.67. The van der Waals surface area contributed by atoms with Gasteiger partial charge in [0.05, 0.1) is 24.3 Å². The lowest BCUT2D eigenvalue weighted by Crippen LogP contribution is -2.05. The zero-order valence-corrected chi connectivity index (χ0v) is 8.74. The molecule has 0 fully saturated rings. The molecule has 0 spiro atoms. The molecular formula is C11H11F2N3. The van der Waals surface area contributed by atoms with Gasteiger partial charge in [0.1, 0.15) is 0 Å². The highest BCUT2D eigenvalue weighted by Gasteiger charge is 2.07. The standard InChI is InChI=1S/C11H11F2N3/c1-16-7-14-5-8(16)6-15-10-4-2-3-9(12)11(10)13/h2-5,7,15H,6H2,1H3. The Balaban J connectivity index is 2.11. The summed E-state index contributed by atoms with van der Waals surface area (Å²) in [5.41, 5.74) is 1.05. The first kappa shape index (κ1) is 10.6. The number of aromatic nitrogens is 2. The number of imidazole rings is 1. The average molecular weight is 223 g/mol. The van der Waals surface area contributed by atoms with Crippen LogP contribution in [0.15, 0.2) is 30.7 Å². The summed E-state index contributed by atoms with van der Waals surface area (Å²) < 4.78 is 28.0. The predicted octanol–water partition coefficient (Wildman–Crippen LogP) is 2.31. The van der Waals surface area contributed by atoms with Gasteiger partial charge in [-0.3, -0.25) is 0 Å². The molecule has 0 unspecified atom stereocenters. The molecule has 16 heavy (non-hydrogen) atoms. The van der Waals surface area contributed by atoms with Crippen LogP contribution in [0.3, 0.4) is 0 Å². The van der Waals surface area contributed by atoms with Crippen molar-refractivity contribution in [2.75, 3.05) is 5.32 Å². The lowest BCUT2D eigenvalue weighted by Gasteiger charge is -2.07. The number of hydrogen-bond donors (Lipinski definition) is 1. The van der Waals surface area contributed by atoms with Crippen LogP contribution >= 0.6 is 0 Å². The highest BCUT2D eigenvalue weighted by Crippen LogP contribution is 2.17. The number of anilines is 1.